The summed E-state index contributed by atoms with van der Waals surface area (Å²) in [4.78, 5) is 4.70. The van der Waals surface area contributed by atoms with Gasteiger partial charge in [-0.25, -0.2) is 4.98 Å². The van der Waals surface area contributed by atoms with Crippen molar-refractivity contribution in [2.24, 2.45) is 0 Å². The smallest absolute Gasteiger partial charge is 0.226 e. The van der Waals surface area contributed by atoms with Crippen molar-refractivity contribution in [3.63, 3.8) is 0 Å². The highest BCUT2D eigenvalue weighted by Gasteiger charge is 2.27. The zero-order chi connectivity index (χ0) is 17.6. The molecule has 0 amide bonds. The summed E-state index contributed by atoms with van der Waals surface area (Å²) in [6.07, 6.45) is 1.68. The highest BCUT2D eigenvalue weighted by atomic mass is 79.9. The number of halogens is 1. The third-order valence-electron chi connectivity index (χ3n) is 3.90. The minimum Gasteiger partial charge on any atom is -0.507 e. The lowest BCUT2D eigenvalue weighted by Crippen LogP contribution is -2.17. The summed E-state index contributed by atoms with van der Waals surface area (Å²) in [7, 11) is 0. The molecule has 2 aromatic rings. The van der Waals surface area contributed by atoms with E-state index in [4.69, 9.17) is 4.42 Å². The summed E-state index contributed by atoms with van der Waals surface area (Å²) in [5.74, 6) is 0.955. The molecule has 0 aliphatic heterocycles. The third-order valence-corrected chi connectivity index (χ3v) is 4.37. The van der Waals surface area contributed by atoms with Crippen molar-refractivity contribution >= 4 is 15.9 Å². The molecule has 1 unspecified atom stereocenters. The zero-order valence-corrected chi connectivity index (χ0v) is 16.6. The van der Waals surface area contributed by atoms with E-state index in [1.54, 1.807) is 6.26 Å². The van der Waals surface area contributed by atoms with Crippen molar-refractivity contribution in [2.75, 3.05) is 0 Å². The third kappa shape index (κ3) is 3.79. The van der Waals surface area contributed by atoms with Gasteiger partial charge in [0.2, 0.25) is 5.89 Å². The molecule has 4 heteroatoms. The molecule has 3 nitrogen and oxygen atoms in total. The second-order valence-corrected chi connectivity index (χ2v) is 9.49. The molecule has 0 aliphatic rings. The Morgan fingerprint density at radius 3 is 1.87 bits per heavy atom. The van der Waals surface area contributed by atoms with E-state index in [1.807, 2.05) is 19.1 Å². The molecule has 1 aromatic carbocycles. The number of hydrogen-bond acceptors (Lipinski definition) is 3. The van der Waals surface area contributed by atoms with Crippen molar-refractivity contribution in [1.29, 1.82) is 0 Å². The van der Waals surface area contributed by atoms with E-state index in [-0.39, 0.29) is 15.7 Å². The van der Waals surface area contributed by atoms with Crippen LogP contribution in [0.1, 0.15) is 70.1 Å². The standard InChI is InChI=1S/C19H26BrNO2/c1-11(20)15-10-23-17(21-15)12-8-13(18(2,3)4)16(22)14(9-12)19(5,6)7/h8-11,22H,1-7H3. The summed E-state index contributed by atoms with van der Waals surface area (Å²) >= 11 is 3.51. The number of rotatable bonds is 2. The number of hydrogen-bond donors (Lipinski definition) is 1. The number of aromatic hydroxyl groups is 1. The molecule has 0 aliphatic carbocycles. The maximum Gasteiger partial charge on any atom is 0.226 e. The Balaban J connectivity index is 2.68. The van der Waals surface area contributed by atoms with Gasteiger partial charge >= 0.3 is 0 Å². The van der Waals surface area contributed by atoms with Crippen molar-refractivity contribution in [3.05, 3.63) is 35.2 Å². The Morgan fingerprint density at radius 2 is 1.52 bits per heavy atom. The van der Waals surface area contributed by atoms with Crippen LogP contribution in [0.4, 0.5) is 0 Å². The van der Waals surface area contributed by atoms with Gasteiger partial charge in [0.25, 0.3) is 0 Å². The monoisotopic (exact) mass is 379 g/mol. The Hall–Kier alpha value is -1.29. The maximum atomic E-state index is 10.8. The van der Waals surface area contributed by atoms with Crippen LogP contribution in [0.2, 0.25) is 0 Å². The number of nitrogens with zero attached hydrogens (tertiary/aromatic N) is 1. The molecule has 0 saturated heterocycles. The fraction of sp³-hybridized carbons (Fsp3) is 0.526. The molecule has 0 spiro atoms. The van der Waals surface area contributed by atoms with E-state index in [0.717, 1.165) is 22.4 Å². The van der Waals surface area contributed by atoms with Gasteiger partial charge in [-0.3, -0.25) is 0 Å². The van der Waals surface area contributed by atoms with Crippen LogP contribution in [0.25, 0.3) is 11.5 Å². The molecular weight excluding hydrogens is 354 g/mol. The lowest BCUT2D eigenvalue weighted by molar-refractivity contribution is 0.423. The van der Waals surface area contributed by atoms with Gasteiger partial charge in [-0.15, -0.1) is 0 Å². The first kappa shape index (κ1) is 18.1. The number of phenolic OH excluding ortho intramolecular Hbond substituents is 1. The quantitative estimate of drug-likeness (QED) is 0.641. The van der Waals surface area contributed by atoms with Crippen LogP contribution in [0.5, 0.6) is 5.75 Å². The number of oxazole rings is 1. The average molecular weight is 380 g/mol. The second kappa shape index (κ2) is 5.97. The van der Waals surface area contributed by atoms with Gasteiger partial charge in [0.1, 0.15) is 12.0 Å². The molecule has 0 radical (unpaired) electrons. The topological polar surface area (TPSA) is 46.3 Å². The van der Waals surface area contributed by atoms with Crippen LogP contribution in [0.15, 0.2) is 22.8 Å². The highest BCUT2D eigenvalue weighted by molar-refractivity contribution is 9.09. The molecule has 1 N–H and O–H groups in total. The Labute approximate surface area is 147 Å². The fourth-order valence-corrected chi connectivity index (χ4v) is 2.71. The molecule has 0 saturated carbocycles. The van der Waals surface area contributed by atoms with Gasteiger partial charge in [-0.05, 0) is 29.9 Å². The Kier molecular flexibility index (Phi) is 4.69. The fourth-order valence-electron chi connectivity index (χ4n) is 2.50. The van der Waals surface area contributed by atoms with Gasteiger partial charge in [0, 0.05) is 16.7 Å². The van der Waals surface area contributed by atoms with Crippen molar-refractivity contribution in [1.82, 2.24) is 4.98 Å². The lowest BCUT2D eigenvalue weighted by Gasteiger charge is -2.27. The summed E-state index contributed by atoms with van der Waals surface area (Å²) in [5, 5.41) is 10.8. The summed E-state index contributed by atoms with van der Waals surface area (Å²) < 4.78 is 5.66. The zero-order valence-electron chi connectivity index (χ0n) is 15.0. The van der Waals surface area contributed by atoms with Crippen LogP contribution < -0.4 is 0 Å². The Bertz CT molecular complexity index is 668. The molecule has 23 heavy (non-hydrogen) atoms. The molecule has 1 heterocycles. The van der Waals surface area contributed by atoms with Crippen LogP contribution in [0.3, 0.4) is 0 Å². The summed E-state index contributed by atoms with van der Waals surface area (Å²) in [6, 6.07) is 3.97. The summed E-state index contributed by atoms with van der Waals surface area (Å²) in [6.45, 7) is 14.6. The first-order valence-electron chi connectivity index (χ1n) is 7.89. The van der Waals surface area contributed by atoms with Crippen LogP contribution in [-0.4, -0.2) is 10.1 Å². The average Bonchev–Trinajstić information content (AvgIpc) is 2.85. The predicted octanol–water partition coefficient (Wildman–Crippen LogP) is 6.10. The number of aromatic nitrogens is 1. The van der Waals surface area contributed by atoms with Gasteiger partial charge in [-0.2, -0.15) is 0 Å². The van der Waals surface area contributed by atoms with Crippen LogP contribution >= 0.6 is 15.9 Å². The molecule has 1 aromatic heterocycles. The molecule has 0 fully saturated rings. The molecular formula is C19H26BrNO2. The molecule has 2 rings (SSSR count). The van der Waals surface area contributed by atoms with Crippen LogP contribution in [0, 0.1) is 0 Å². The summed E-state index contributed by atoms with van der Waals surface area (Å²) in [5.41, 5.74) is 3.24. The minimum absolute atomic E-state index is 0.140. The lowest BCUT2D eigenvalue weighted by atomic mass is 9.78. The maximum absolute atomic E-state index is 10.8. The van der Waals surface area contributed by atoms with Gasteiger partial charge in [0.05, 0.1) is 10.5 Å². The molecule has 0 bridgehead atoms. The SMILES string of the molecule is CC(Br)c1coc(-c2cc(C(C)(C)C)c(O)c(C(C)(C)C)c2)n1. The van der Waals surface area contributed by atoms with Crippen molar-refractivity contribution in [3.8, 4) is 17.2 Å². The minimum atomic E-state index is -0.168. The molecule has 1 atom stereocenters. The predicted molar refractivity (Wildman–Crippen MR) is 98.3 cm³/mol. The van der Waals surface area contributed by atoms with E-state index in [2.05, 4.69) is 62.5 Å². The highest BCUT2D eigenvalue weighted by Crippen LogP contribution is 2.42. The van der Waals surface area contributed by atoms with E-state index in [1.165, 1.54) is 0 Å². The Morgan fingerprint density at radius 1 is 1.04 bits per heavy atom. The first-order valence-corrected chi connectivity index (χ1v) is 8.80. The van der Waals surface area contributed by atoms with Gasteiger partial charge < -0.3 is 9.52 Å². The van der Waals surface area contributed by atoms with E-state index in [9.17, 15) is 5.11 Å². The van der Waals surface area contributed by atoms with E-state index in [0.29, 0.717) is 11.6 Å². The second-order valence-electron chi connectivity index (χ2n) is 8.11. The van der Waals surface area contributed by atoms with Crippen molar-refractivity contribution in [2.45, 2.75) is 64.1 Å². The van der Waals surface area contributed by atoms with Gasteiger partial charge in [-0.1, -0.05) is 57.5 Å². The number of phenols is 1. The normalized spacial score (nSPS) is 14.1. The van der Waals surface area contributed by atoms with E-state index < -0.39 is 0 Å². The molecule has 126 valence electrons. The van der Waals surface area contributed by atoms with Crippen LogP contribution in [-0.2, 0) is 10.8 Å². The largest absolute Gasteiger partial charge is 0.507 e. The number of alkyl halides is 1. The van der Waals surface area contributed by atoms with Gasteiger partial charge in [0.15, 0.2) is 0 Å². The first-order chi connectivity index (χ1) is 10.4. The number of benzene rings is 1. The van der Waals surface area contributed by atoms with E-state index >= 15 is 0 Å². The van der Waals surface area contributed by atoms with Crippen molar-refractivity contribution < 1.29 is 9.52 Å².